The smallest absolute Gasteiger partial charge is 0.233 e. The molecule has 0 amide bonds. The highest BCUT2D eigenvalue weighted by Gasteiger charge is 2.17. The van der Waals surface area contributed by atoms with Gasteiger partial charge in [-0.25, -0.2) is 0 Å². The number of nitrogens with zero attached hydrogens (tertiary/aromatic N) is 1. The molecule has 1 aromatic carbocycles. The lowest BCUT2D eigenvalue weighted by Crippen LogP contribution is -2.16. The van der Waals surface area contributed by atoms with Gasteiger partial charge in [-0.15, -0.1) is 0 Å². The van der Waals surface area contributed by atoms with Crippen LogP contribution in [-0.2, 0) is 4.74 Å². The lowest BCUT2D eigenvalue weighted by atomic mass is 10.1. The lowest BCUT2D eigenvalue weighted by molar-refractivity contribution is -0.492. The van der Waals surface area contributed by atoms with Crippen molar-refractivity contribution < 1.29 is 9.66 Å². The maximum absolute atomic E-state index is 10.5. The van der Waals surface area contributed by atoms with Crippen LogP contribution in [0.1, 0.15) is 25.0 Å². The van der Waals surface area contributed by atoms with E-state index in [0.29, 0.717) is 6.61 Å². The fraction of sp³-hybridized carbons (Fsp3) is 0.455. The molecule has 0 fully saturated rings. The van der Waals surface area contributed by atoms with Gasteiger partial charge in [-0.2, -0.15) is 0 Å². The van der Waals surface area contributed by atoms with Crippen LogP contribution in [0.4, 0.5) is 0 Å². The molecule has 1 aromatic rings. The Balaban J connectivity index is 2.67. The monoisotopic (exact) mass is 209 g/mol. The molecule has 1 rings (SSSR count). The molecule has 0 aliphatic carbocycles. The highest BCUT2D eigenvalue weighted by Crippen LogP contribution is 2.17. The summed E-state index contributed by atoms with van der Waals surface area (Å²) in [5, 5.41) is 10.5. The predicted molar refractivity (Wildman–Crippen MR) is 57.3 cm³/mol. The molecule has 0 saturated carbocycles. The summed E-state index contributed by atoms with van der Waals surface area (Å²) in [6, 6.07) is 9.30. The van der Waals surface area contributed by atoms with Gasteiger partial charge in [0.15, 0.2) is 0 Å². The zero-order valence-corrected chi connectivity index (χ0v) is 8.76. The molecule has 0 aliphatic rings. The van der Waals surface area contributed by atoms with Gasteiger partial charge in [0.05, 0.1) is 0 Å². The molecule has 0 saturated heterocycles. The van der Waals surface area contributed by atoms with Crippen LogP contribution in [-0.4, -0.2) is 18.1 Å². The van der Waals surface area contributed by atoms with Crippen LogP contribution in [0, 0.1) is 10.1 Å². The van der Waals surface area contributed by atoms with Gasteiger partial charge in [0.2, 0.25) is 6.54 Å². The summed E-state index contributed by atoms with van der Waals surface area (Å²) in [5.41, 5.74) is 0.864. The summed E-state index contributed by atoms with van der Waals surface area (Å²) >= 11 is 0. The molecule has 82 valence electrons. The van der Waals surface area contributed by atoms with Crippen LogP contribution in [0.3, 0.4) is 0 Å². The maximum Gasteiger partial charge on any atom is 0.233 e. The predicted octanol–water partition coefficient (Wildman–Crippen LogP) is 2.43. The molecule has 0 spiro atoms. The quantitative estimate of drug-likeness (QED) is 0.534. The highest BCUT2D eigenvalue weighted by atomic mass is 16.6. The van der Waals surface area contributed by atoms with Crippen LogP contribution in [0.2, 0.25) is 0 Å². The highest BCUT2D eigenvalue weighted by molar-refractivity contribution is 5.17. The third kappa shape index (κ3) is 4.08. The third-order valence-electron chi connectivity index (χ3n) is 2.01. The van der Waals surface area contributed by atoms with Crippen molar-refractivity contribution >= 4 is 0 Å². The van der Waals surface area contributed by atoms with Crippen molar-refractivity contribution in [3.8, 4) is 0 Å². The molecule has 0 radical (unpaired) electrons. The second-order valence-electron chi connectivity index (χ2n) is 3.29. The molecule has 15 heavy (non-hydrogen) atoms. The number of nitro groups is 1. The molecule has 0 heterocycles. The van der Waals surface area contributed by atoms with Crippen LogP contribution < -0.4 is 0 Å². The summed E-state index contributed by atoms with van der Waals surface area (Å²) < 4.78 is 5.45. The van der Waals surface area contributed by atoms with Crippen molar-refractivity contribution in [3.63, 3.8) is 0 Å². The molecule has 1 atom stereocenters. The SMILES string of the molecule is CCCOC(C[N+](=O)[O-])c1ccccc1. The minimum absolute atomic E-state index is 0.177. The Hall–Kier alpha value is -1.42. The van der Waals surface area contributed by atoms with Gasteiger partial charge < -0.3 is 4.74 Å². The first-order chi connectivity index (χ1) is 7.24. The molecule has 4 nitrogen and oxygen atoms in total. The first-order valence-electron chi connectivity index (χ1n) is 5.02. The molecular weight excluding hydrogens is 194 g/mol. The van der Waals surface area contributed by atoms with E-state index in [4.69, 9.17) is 4.74 Å². The molecule has 0 aromatic heterocycles. The zero-order chi connectivity index (χ0) is 11.1. The van der Waals surface area contributed by atoms with Crippen LogP contribution >= 0.6 is 0 Å². The summed E-state index contributed by atoms with van der Waals surface area (Å²) in [4.78, 5) is 10.1. The number of hydrogen-bond donors (Lipinski definition) is 0. The van der Waals surface area contributed by atoms with E-state index in [2.05, 4.69) is 0 Å². The summed E-state index contributed by atoms with van der Waals surface area (Å²) in [5.74, 6) is 0. The van der Waals surface area contributed by atoms with Gasteiger partial charge in [-0.3, -0.25) is 10.1 Å². The van der Waals surface area contributed by atoms with Crippen LogP contribution in [0.5, 0.6) is 0 Å². The fourth-order valence-corrected chi connectivity index (χ4v) is 1.32. The van der Waals surface area contributed by atoms with E-state index in [1.807, 2.05) is 37.3 Å². The van der Waals surface area contributed by atoms with E-state index in [9.17, 15) is 10.1 Å². The van der Waals surface area contributed by atoms with Crippen LogP contribution in [0.25, 0.3) is 0 Å². The molecule has 4 heteroatoms. The van der Waals surface area contributed by atoms with Gasteiger partial charge in [-0.1, -0.05) is 37.3 Å². The number of benzene rings is 1. The number of hydrogen-bond acceptors (Lipinski definition) is 3. The first kappa shape index (κ1) is 11.7. The largest absolute Gasteiger partial charge is 0.367 e. The molecule has 0 aliphatic heterocycles. The standard InChI is InChI=1S/C11H15NO3/c1-2-8-15-11(9-12(13)14)10-6-4-3-5-7-10/h3-7,11H,2,8-9H2,1H3. The Morgan fingerprint density at radius 1 is 1.40 bits per heavy atom. The van der Waals surface area contributed by atoms with Crippen molar-refractivity contribution in [2.45, 2.75) is 19.4 Å². The minimum atomic E-state index is -0.429. The average molecular weight is 209 g/mol. The van der Waals surface area contributed by atoms with E-state index in [1.54, 1.807) is 0 Å². The van der Waals surface area contributed by atoms with Crippen LogP contribution in [0.15, 0.2) is 30.3 Å². The second kappa shape index (κ2) is 6.14. The van der Waals surface area contributed by atoms with E-state index < -0.39 is 6.10 Å². The van der Waals surface area contributed by atoms with Crippen molar-refractivity contribution in [1.82, 2.24) is 0 Å². The Bertz CT molecular complexity index is 300. The van der Waals surface area contributed by atoms with E-state index in [0.717, 1.165) is 12.0 Å². The van der Waals surface area contributed by atoms with Gasteiger partial charge in [-0.05, 0) is 12.0 Å². The molecular formula is C11H15NO3. The first-order valence-corrected chi connectivity index (χ1v) is 5.02. The topological polar surface area (TPSA) is 52.4 Å². The van der Waals surface area contributed by atoms with Crippen molar-refractivity contribution in [2.75, 3.05) is 13.2 Å². The summed E-state index contributed by atoms with van der Waals surface area (Å²) in [6.07, 6.45) is 0.433. The molecule has 0 bridgehead atoms. The number of ether oxygens (including phenoxy) is 1. The normalized spacial score (nSPS) is 12.3. The van der Waals surface area contributed by atoms with E-state index in [-0.39, 0.29) is 11.5 Å². The Morgan fingerprint density at radius 2 is 2.07 bits per heavy atom. The van der Waals surface area contributed by atoms with Gasteiger partial charge in [0.1, 0.15) is 6.10 Å². The van der Waals surface area contributed by atoms with E-state index in [1.165, 1.54) is 0 Å². The Kier molecular flexibility index (Phi) is 4.77. The lowest BCUT2D eigenvalue weighted by Gasteiger charge is -2.13. The van der Waals surface area contributed by atoms with Gasteiger partial charge in [0, 0.05) is 11.5 Å². The van der Waals surface area contributed by atoms with Gasteiger partial charge in [0.25, 0.3) is 0 Å². The number of rotatable bonds is 6. The van der Waals surface area contributed by atoms with Crippen molar-refractivity contribution in [1.29, 1.82) is 0 Å². The van der Waals surface area contributed by atoms with Crippen molar-refractivity contribution in [3.05, 3.63) is 46.0 Å². The Labute approximate surface area is 89.0 Å². The van der Waals surface area contributed by atoms with E-state index >= 15 is 0 Å². The Morgan fingerprint density at radius 3 is 2.60 bits per heavy atom. The summed E-state index contributed by atoms with van der Waals surface area (Å²) in [6.45, 7) is 2.35. The fourth-order valence-electron chi connectivity index (χ4n) is 1.32. The minimum Gasteiger partial charge on any atom is -0.367 e. The van der Waals surface area contributed by atoms with Gasteiger partial charge >= 0.3 is 0 Å². The molecule has 1 unspecified atom stereocenters. The average Bonchev–Trinajstić information content (AvgIpc) is 2.25. The third-order valence-corrected chi connectivity index (χ3v) is 2.01. The maximum atomic E-state index is 10.5. The van der Waals surface area contributed by atoms with Crippen molar-refractivity contribution in [2.24, 2.45) is 0 Å². The second-order valence-corrected chi connectivity index (χ2v) is 3.29. The molecule has 0 N–H and O–H groups in total. The summed E-state index contributed by atoms with van der Waals surface area (Å²) in [7, 11) is 0. The zero-order valence-electron chi connectivity index (χ0n) is 8.76.